The molecule has 1 aliphatic heterocycles. The van der Waals surface area contributed by atoms with Crippen molar-refractivity contribution in [2.45, 2.75) is 26.9 Å². The van der Waals surface area contributed by atoms with E-state index >= 15 is 0 Å². The standard InChI is InChI=1S/C23H32N4O2.HI/c1-4-24-23(26-17-20-10-9-18(2)15-22(20)28-3)25-16-19-7-5-6-8-21(19)27-11-13-29-14-12-27;/h5-10,15H,4,11-14,16-17H2,1-3H3,(H2,24,25,26);1H. The predicted octanol–water partition coefficient (Wildman–Crippen LogP) is 3.71. The minimum Gasteiger partial charge on any atom is -0.496 e. The highest BCUT2D eigenvalue weighted by Gasteiger charge is 2.14. The summed E-state index contributed by atoms with van der Waals surface area (Å²) in [5, 5.41) is 6.81. The summed E-state index contributed by atoms with van der Waals surface area (Å²) in [6.45, 7) is 9.64. The van der Waals surface area contributed by atoms with E-state index in [1.807, 2.05) is 6.07 Å². The molecule has 0 saturated carbocycles. The lowest BCUT2D eigenvalue weighted by Gasteiger charge is -2.30. The molecule has 7 heteroatoms. The molecule has 0 radical (unpaired) electrons. The Bertz CT molecular complexity index is 823. The van der Waals surface area contributed by atoms with Gasteiger partial charge in [0, 0.05) is 37.4 Å². The summed E-state index contributed by atoms with van der Waals surface area (Å²) >= 11 is 0. The number of ether oxygens (including phenoxy) is 2. The van der Waals surface area contributed by atoms with Crippen LogP contribution in [0.3, 0.4) is 0 Å². The van der Waals surface area contributed by atoms with Gasteiger partial charge in [0.15, 0.2) is 5.96 Å². The van der Waals surface area contributed by atoms with Crippen molar-refractivity contribution < 1.29 is 9.47 Å². The van der Waals surface area contributed by atoms with Crippen LogP contribution < -0.4 is 20.3 Å². The van der Waals surface area contributed by atoms with Gasteiger partial charge in [0.1, 0.15) is 5.75 Å². The number of nitrogens with one attached hydrogen (secondary N) is 2. The number of nitrogens with zero attached hydrogens (tertiary/aromatic N) is 2. The molecule has 0 aromatic heterocycles. The lowest BCUT2D eigenvalue weighted by atomic mass is 10.1. The van der Waals surface area contributed by atoms with E-state index in [4.69, 9.17) is 14.5 Å². The fraction of sp³-hybridized carbons (Fsp3) is 0.435. The molecule has 1 saturated heterocycles. The third-order valence-corrected chi connectivity index (χ3v) is 4.98. The highest BCUT2D eigenvalue weighted by Crippen LogP contribution is 2.22. The molecule has 0 amide bonds. The number of methoxy groups -OCH3 is 1. The summed E-state index contributed by atoms with van der Waals surface area (Å²) in [6, 6.07) is 14.7. The molecule has 1 aliphatic rings. The Balaban J connectivity index is 0.00000320. The Morgan fingerprint density at radius 2 is 1.87 bits per heavy atom. The van der Waals surface area contributed by atoms with Crippen molar-refractivity contribution >= 4 is 35.6 Å². The molecule has 0 aliphatic carbocycles. The van der Waals surface area contributed by atoms with Gasteiger partial charge in [-0.05, 0) is 37.1 Å². The van der Waals surface area contributed by atoms with E-state index in [1.165, 1.54) is 16.8 Å². The maximum atomic E-state index is 5.50. The van der Waals surface area contributed by atoms with E-state index in [9.17, 15) is 0 Å². The quantitative estimate of drug-likeness (QED) is 0.329. The van der Waals surface area contributed by atoms with Gasteiger partial charge in [-0.2, -0.15) is 0 Å². The molecule has 2 aromatic rings. The van der Waals surface area contributed by atoms with Crippen molar-refractivity contribution in [2.75, 3.05) is 44.9 Å². The van der Waals surface area contributed by atoms with Gasteiger partial charge in [0.25, 0.3) is 0 Å². The molecule has 0 bridgehead atoms. The van der Waals surface area contributed by atoms with Crippen LogP contribution in [0.15, 0.2) is 47.5 Å². The Morgan fingerprint density at radius 3 is 2.60 bits per heavy atom. The highest BCUT2D eigenvalue weighted by atomic mass is 127. The van der Waals surface area contributed by atoms with Crippen LogP contribution in [-0.2, 0) is 17.8 Å². The zero-order valence-electron chi connectivity index (χ0n) is 18.1. The molecule has 2 N–H and O–H groups in total. The average Bonchev–Trinajstić information content (AvgIpc) is 2.77. The van der Waals surface area contributed by atoms with Crippen molar-refractivity contribution in [1.82, 2.24) is 10.6 Å². The maximum Gasteiger partial charge on any atom is 0.191 e. The zero-order chi connectivity index (χ0) is 20.5. The van der Waals surface area contributed by atoms with Crippen LogP contribution in [0.25, 0.3) is 0 Å². The van der Waals surface area contributed by atoms with E-state index in [2.05, 4.69) is 65.8 Å². The smallest absolute Gasteiger partial charge is 0.191 e. The van der Waals surface area contributed by atoms with Crippen molar-refractivity contribution in [3.8, 4) is 5.75 Å². The number of benzene rings is 2. The van der Waals surface area contributed by atoms with Gasteiger partial charge in [-0.3, -0.25) is 0 Å². The molecule has 0 unspecified atom stereocenters. The van der Waals surface area contributed by atoms with Crippen LogP contribution in [-0.4, -0.2) is 45.9 Å². The molecular formula is C23H33IN4O2. The molecule has 2 aromatic carbocycles. The summed E-state index contributed by atoms with van der Waals surface area (Å²) in [7, 11) is 1.70. The second kappa shape index (κ2) is 12.6. The number of rotatable bonds is 7. The van der Waals surface area contributed by atoms with Gasteiger partial charge in [-0.1, -0.05) is 30.3 Å². The molecule has 6 nitrogen and oxygen atoms in total. The first kappa shape index (κ1) is 24.3. The van der Waals surface area contributed by atoms with Crippen LogP contribution in [0, 0.1) is 6.92 Å². The van der Waals surface area contributed by atoms with E-state index in [0.717, 1.165) is 50.1 Å². The normalized spacial score (nSPS) is 14.1. The van der Waals surface area contributed by atoms with Crippen molar-refractivity contribution in [3.63, 3.8) is 0 Å². The first-order valence-electron chi connectivity index (χ1n) is 10.3. The highest BCUT2D eigenvalue weighted by molar-refractivity contribution is 14.0. The SMILES string of the molecule is CCNC(=NCc1ccc(C)cc1OC)NCc1ccccc1N1CCOCC1.I. The van der Waals surface area contributed by atoms with E-state index in [-0.39, 0.29) is 24.0 Å². The van der Waals surface area contributed by atoms with Gasteiger partial charge in [-0.15, -0.1) is 24.0 Å². The Kier molecular flexibility index (Phi) is 10.2. The summed E-state index contributed by atoms with van der Waals surface area (Å²) in [6.07, 6.45) is 0. The van der Waals surface area contributed by atoms with Gasteiger partial charge < -0.3 is 25.0 Å². The van der Waals surface area contributed by atoms with Crippen molar-refractivity contribution in [2.24, 2.45) is 4.99 Å². The van der Waals surface area contributed by atoms with E-state index in [1.54, 1.807) is 7.11 Å². The number of anilines is 1. The van der Waals surface area contributed by atoms with Crippen molar-refractivity contribution in [3.05, 3.63) is 59.2 Å². The minimum absolute atomic E-state index is 0. The second-order valence-corrected chi connectivity index (χ2v) is 7.09. The van der Waals surface area contributed by atoms with Gasteiger partial charge >= 0.3 is 0 Å². The number of morpholine rings is 1. The monoisotopic (exact) mass is 524 g/mol. The number of guanidine groups is 1. The number of aryl methyl sites for hydroxylation is 1. The summed E-state index contributed by atoms with van der Waals surface area (Å²) in [5.41, 5.74) is 4.77. The van der Waals surface area contributed by atoms with Crippen LogP contribution in [0.2, 0.25) is 0 Å². The maximum absolute atomic E-state index is 5.50. The molecular weight excluding hydrogens is 491 g/mol. The van der Waals surface area contributed by atoms with Crippen LogP contribution in [0.4, 0.5) is 5.69 Å². The zero-order valence-corrected chi connectivity index (χ0v) is 20.4. The number of hydrogen-bond donors (Lipinski definition) is 2. The molecule has 3 rings (SSSR count). The number of halogens is 1. The minimum atomic E-state index is 0. The van der Waals surface area contributed by atoms with Crippen LogP contribution in [0.5, 0.6) is 5.75 Å². The first-order chi connectivity index (χ1) is 14.2. The van der Waals surface area contributed by atoms with Gasteiger partial charge in [0.05, 0.1) is 26.9 Å². The third kappa shape index (κ3) is 6.77. The van der Waals surface area contributed by atoms with Crippen molar-refractivity contribution in [1.29, 1.82) is 0 Å². The third-order valence-electron chi connectivity index (χ3n) is 4.98. The fourth-order valence-electron chi connectivity index (χ4n) is 3.44. The summed E-state index contributed by atoms with van der Waals surface area (Å²) < 4.78 is 11.0. The Labute approximate surface area is 197 Å². The Morgan fingerprint density at radius 1 is 1.10 bits per heavy atom. The molecule has 0 spiro atoms. The topological polar surface area (TPSA) is 58.1 Å². The predicted molar refractivity (Wildman–Crippen MR) is 134 cm³/mol. The lowest BCUT2D eigenvalue weighted by molar-refractivity contribution is 0.122. The molecule has 0 atom stereocenters. The Hall–Kier alpha value is -2.00. The average molecular weight is 524 g/mol. The summed E-state index contributed by atoms with van der Waals surface area (Å²) in [4.78, 5) is 7.15. The van der Waals surface area contributed by atoms with Crippen LogP contribution >= 0.6 is 24.0 Å². The summed E-state index contributed by atoms with van der Waals surface area (Å²) in [5.74, 6) is 1.68. The first-order valence-corrected chi connectivity index (χ1v) is 10.3. The number of para-hydroxylation sites is 1. The second-order valence-electron chi connectivity index (χ2n) is 7.09. The van der Waals surface area contributed by atoms with Crippen LogP contribution in [0.1, 0.15) is 23.6 Å². The fourth-order valence-corrected chi connectivity index (χ4v) is 3.44. The lowest BCUT2D eigenvalue weighted by Crippen LogP contribution is -2.39. The van der Waals surface area contributed by atoms with E-state index in [0.29, 0.717) is 13.1 Å². The molecule has 30 heavy (non-hydrogen) atoms. The number of aliphatic imine (C=N–C) groups is 1. The molecule has 164 valence electrons. The number of hydrogen-bond acceptors (Lipinski definition) is 4. The van der Waals surface area contributed by atoms with E-state index < -0.39 is 0 Å². The van der Waals surface area contributed by atoms with Gasteiger partial charge in [-0.25, -0.2) is 4.99 Å². The van der Waals surface area contributed by atoms with Gasteiger partial charge in [0.2, 0.25) is 0 Å². The largest absolute Gasteiger partial charge is 0.496 e. The molecule has 1 fully saturated rings. The molecule has 1 heterocycles.